The van der Waals surface area contributed by atoms with Gasteiger partial charge in [-0.25, -0.2) is 4.98 Å². The van der Waals surface area contributed by atoms with Crippen molar-refractivity contribution in [2.45, 2.75) is 6.61 Å². The van der Waals surface area contributed by atoms with Crippen molar-refractivity contribution >= 4 is 27.5 Å². The SMILES string of the molecule is N#Cc1ccc(COc2ccc(Br)nc2)c(Cl)c1. The van der Waals surface area contributed by atoms with Gasteiger partial charge in [-0.2, -0.15) is 5.26 Å². The van der Waals surface area contributed by atoms with Gasteiger partial charge in [-0.15, -0.1) is 0 Å². The van der Waals surface area contributed by atoms with E-state index in [2.05, 4.69) is 20.9 Å². The molecular weight excluding hydrogens is 316 g/mol. The van der Waals surface area contributed by atoms with Crippen LogP contribution in [0.25, 0.3) is 0 Å². The van der Waals surface area contributed by atoms with E-state index in [1.807, 2.05) is 12.1 Å². The number of hydrogen-bond acceptors (Lipinski definition) is 3. The Morgan fingerprint density at radius 3 is 2.78 bits per heavy atom. The molecule has 3 nitrogen and oxygen atoms in total. The van der Waals surface area contributed by atoms with Crippen LogP contribution in [-0.2, 0) is 6.61 Å². The Morgan fingerprint density at radius 1 is 1.33 bits per heavy atom. The number of nitrogens with zero attached hydrogens (tertiary/aromatic N) is 2. The average molecular weight is 324 g/mol. The van der Waals surface area contributed by atoms with Crippen molar-refractivity contribution in [3.8, 4) is 11.8 Å². The molecule has 0 saturated carbocycles. The van der Waals surface area contributed by atoms with E-state index < -0.39 is 0 Å². The molecule has 0 fully saturated rings. The van der Waals surface area contributed by atoms with E-state index in [1.165, 1.54) is 0 Å². The van der Waals surface area contributed by atoms with E-state index >= 15 is 0 Å². The number of aromatic nitrogens is 1. The zero-order chi connectivity index (χ0) is 13.0. The molecule has 1 aromatic heterocycles. The highest BCUT2D eigenvalue weighted by Crippen LogP contribution is 2.20. The Bertz CT molecular complexity index is 593. The van der Waals surface area contributed by atoms with Crippen LogP contribution in [0.3, 0.4) is 0 Å². The molecule has 18 heavy (non-hydrogen) atoms. The lowest BCUT2D eigenvalue weighted by Crippen LogP contribution is -1.97. The first-order chi connectivity index (χ1) is 8.69. The highest BCUT2D eigenvalue weighted by atomic mass is 79.9. The molecule has 90 valence electrons. The molecule has 5 heteroatoms. The third-order valence-corrected chi connectivity index (χ3v) is 3.10. The van der Waals surface area contributed by atoms with Gasteiger partial charge in [0.15, 0.2) is 0 Å². The van der Waals surface area contributed by atoms with E-state index in [-0.39, 0.29) is 0 Å². The molecule has 0 spiro atoms. The number of benzene rings is 1. The largest absolute Gasteiger partial charge is 0.487 e. The van der Waals surface area contributed by atoms with Crippen LogP contribution in [0.4, 0.5) is 0 Å². The summed E-state index contributed by atoms with van der Waals surface area (Å²) >= 11 is 9.30. The van der Waals surface area contributed by atoms with Crippen LogP contribution in [0.5, 0.6) is 5.75 Å². The Labute approximate surface area is 118 Å². The Morgan fingerprint density at radius 2 is 2.17 bits per heavy atom. The molecule has 2 aromatic rings. The summed E-state index contributed by atoms with van der Waals surface area (Å²) in [6, 6.07) is 10.8. The summed E-state index contributed by atoms with van der Waals surface area (Å²) in [6.07, 6.45) is 1.63. The standard InChI is InChI=1S/C13H8BrClN2O/c14-13-4-3-11(7-17-13)18-8-10-2-1-9(6-16)5-12(10)15/h1-5,7H,8H2. The molecule has 0 bridgehead atoms. The quantitative estimate of drug-likeness (QED) is 0.804. The first-order valence-corrected chi connectivity index (χ1v) is 6.29. The van der Waals surface area contributed by atoms with E-state index in [0.29, 0.717) is 22.9 Å². The van der Waals surface area contributed by atoms with Crippen LogP contribution in [0.1, 0.15) is 11.1 Å². The smallest absolute Gasteiger partial charge is 0.138 e. The van der Waals surface area contributed by atoms with Gasteiger partial charge in [-0.05, 0) is 40.2 Å². The van der Waals surface area contributed by atoms with Gasteiger partial charge in [0.25, 0.3) is 0 Å². The summed E-state index contributed by atoms with van der Waals surface area (Å²) in [4.78, 5) is 4.06. The molecule has 0 amide bonds. The van der Waals surface area contributed by atoms with Gasteiger partial charge in [-0.1, -0.05) is 17.7 Å². The van der Waals surface area contributed by atoms with E-state index in [1.54, 1.807) is 30.5 Å². The molecular formula is C13H8BrClN2O. The lowest BCUT2D eigenvalue weighted by atomic mass is 10.1. The van der Waals surface area contributed by atoms with Gasteiger partial charge in [0.05, 0.1) is 17.8 Å². The van der Waals surface area contributed by atoms with E-state index in [4.69, 9.17) is 21.6 Å². The van der Waals surface area contributed by atoms with Crippen LogP contribution in [-0.4, -0.2) is 4.98 Å². The number of rotatable bonds is 3. The van der Waals surface area contributed by atoms with Gasteiger partial charge in [0.2, 0.25) is 0 Å². The number of nitriles is 1. The third kappa shape index (κ3) is 3.22. The highest BCUT2D eigenvalue weighted by molar-refractivity contribution is 9.10. The molecule has 0 N–H and O–H groups in total. The lowest BCUT2D eigenvalue weighted by molar-refractivity contribution is 0.305. The second-order valence-electron chi connectivity index (χ2n) is 3.52. The number of hydrogen-bond donors (Lipinski definition) is 0. The summed E-state index contributed by atoms with van der Waals surface area (Å²) in [7, 11) is 0. The van der Waals surface area contributed by atoms with E-state index in [9.17, 15) is 0 Å². The highest BCUT2D eigenvalue weighted by Gasteiger charge is 2.03. The molecule has 0 aliphatic rings. The fraction of sp³-hybridized carbons (Fsp3) is 0.0769. The second-order valence-corrected chi connectivity index (χ2v) is 4.74. The number of pyridine rings is 1. The van der Waals surface area contributed by atoms with Gasteiger partial charge in [0.1, 0.15) is 17.0 Å². The van der Waals surface area contributed by atoms with Crippen molar-refractivity contribution < 1.29 is 4.74 Å². The minimum atomic E-state index is 0.341. The van der Waals surface area contributed by atoms with Crippen molar-refractivity contribution in [1.29, 1.82) is 5.26 Å². The van der Waals surface area contributed by atoms with Gasteiger partial charge >= 0.3 is 0 Å². The predicted molar refractivity (Wildman–Crippen MR) is 72.4 cm³/mol. The fourth-order valence-corrected chi connectivity index (χ4v) is 1.81. The van der Waals surface area contributed by atoms with Gasteiger partial charge < -0.3 is 4.74 Å². The Kier molecular flexibility index (Phi) is 4.19. The monoisotopic (exact) mass is 322 g/mol. The summed E-state index contributed by atoms with van der Waals surface area (Å²) in [6.45, 7) is 0.341. The Balaban J connectivity index is 2.06. The average Bonchev–Trinajstić information content (AvgIpc) is 2.39. The normalized spacial score (nSPS) is 9.83. The van der Waals surface area contributed by atoms with E-state index in [0.717, 1.165) is 10.2 Å². The van der Waals surface area contributed by atoms with Crippen molar-refractivity contribution in [2.24, 2.45) is 0 Å². The maximum Gasteiger partial charge on any atom is 0.138 e. The number of ether oxygens (including phenoxy) is 1. The molecule has 1 aromatic carbocycles. The summed E-state index contributed by atoms with van der Waals surface area (Å²) in [5.74, 6) is 0.665. The van der Waals surface area contributed by atoms with Crippen LogP contribution in [0.2, 0.25) is 5.02 Å². The summed E-state index contributed by atoms with van der Waals surface area (Å²) in [5, 5.41) is 9.26. The van der Waals surface area contributed by atoms with Crippen molar-refractivity contribution in [2.75, 3.05) is 0 Å². The first kappa shape index (κ1) is 12.9. The van der Waals surface area contributed by atoms with Crippen molar-refractivity contribution in [3.05, 3.63) is 57.3 Å². The Hall–Kier alpha value is -1.57. The molecule has 0 aliphatic heterocycles. The van der Waals surface area contributed by atoms with Crippen LogP contribution in [0, 0.1) is 11.3 Å². The molecule has 2 rings (SSSR count). The first-order valence-electron chi connectivity index (χ1n) is 5.12. The maximum absolute atomic E-state index is 8.73. The van der Waals surface area contributed by atoms with Crippen LogP contribution < -0.4 is 4.74 Å². The van der Waals surface area contributed by atoms with Crippen LogP contribution >= 0.6 is 27.5 Å². The van der Waals surface area contributed by atoms with Crippen LogP contribution in [0.15, 0.2) is 41.1 Å². The molecule has 0 saturated heterocycles. The molecule has 0 unspecified atom stereocenters. The fourth-order valence-electron chi connectivity index (χ4n) is 1.34. The zero-order valence-electron chi connectivity index (χ0n) is 9.23. The second kappa shape index (κ2) is 5.85. The predicted octanol–water partition coefficient (Wildman–Crippen LogP) is 3.95. The minimum Gasteiger partial charge on any atom is -0.487 e. The maximum atomic E-state index is 8.73. The minimum absolute atomic E-state index is 0.341. The third-order valence-electron chi connectivity index (χ3n) is 2.28. The van der Waals surface area contributed by atoms with Gasteiger partial charge in [0, 0.05) is 10.6 Å². The molecule has 0 radical (unpaired) electrons. The molecule has 0 atom stereocenters. The zero-order valence-corrected chi connectivity index (χ0v) is 11.6. The lowest BCUT2D eigenvalue weighted by Gasteiger charge is -2.07. The number of halogens is 2. The summed E-state index contributed by atoms with van der Waals surface area (Å²) < 4.78 is 6.31. The van der Waals surface area contributed by atoms with Crippen molar-refractivity contribution in [3.63, 3.8) is 0 Å². The molecule has 0 aliphatic carbocycles. The van der Waals surface area contributed by atoms with Crippen molar-refractivity contribution in [1.82, 2.24) is 4.98 Å². The topological polar surface area (TPSA) is 45.9 Å². The summed E-state index contributed by atoms with van der Waals surface area (Å²) in [5.41, 5.74) is 1.37. The van der Waals surface area contributed by atoms with Gasteiger partial charge in [-0.3, -0.25) is 0 Å². The molecule has 1 heterocycles.